The Hall–Kier alpha value is -3.45. The average molecular weight is 451 g/mol. The minimum Gasteiger partial charge on any atom is -0.497 e. The lowest BCUT2D eigenvalue weighted by molar-refractivity contribution is -0.117. The fourth-order valence-corrected chi connectivity index (χ4v) is 3.64. The molecule has 0 radical (unpaired) electrons. The highest BCUT2D eigenvalue weighted by Gasteiger charge is 2.15. The van der Waals surface area contributed by atoms with Crippen molar-refractivity contribution < 1.29 is 18.7 Å². The van der Waals surface area contributed by atoms with Crippen LogP contribution in [0.4, 0.5) is 0 Å². The molecule has 0 spiro atoms. The largest absolute Gasteiger partial charge is 0.497 e. The zero-order valence-electron chi connectivity index (χ0n) is 18.1. The smallest absolute Gasteiger partial charge is 0.267 e. The number of benzene rings is 2. The van der Waals surface area contributed by atoms with Crippen molar-refractivity contribution in [2.75, 3.05) is 19.4 Å². The van der Waals surface area contributed by atoms with Crippen molar-refractivity contribution in [1.82, 2.24) is 10.6 Å². The highest BCUT2D eigenvalue weighted by atomic mass is 32.2. The molecule has 3 rings (SSSR count). The van der Waals surface area contributed by atoms with Crippen molar-refractivity contribution in [1.29, 1.82) is 0 Å². The number of methoxy groups -OCH3 is 1. The van der Waals surface area contributed by atoms with Gasteiger partial charge in [-0.1, -0.05) is 29.8 Å². The van der Waals surface area contributed by atoms with Gasteiger partial charge in [-0.05, 0) is 48.9 Å². The van der Waals surface area contributed by atoms with Gasteiger partial charge >= 0.3 is 0 Å². The first-order chi connectivity index (χ1) is 15.5. The van der Waals surface area contributed by atoms with Crippen LogP contribution in [0.1, 0.15) is 27.2 Å². The third-order valence-electron chi connectivity index (χ3n) is 4.60. The summed E-state index contributed by atoms with van der Waals surface area (Å²) in [5.74, 6) is 1.97. The normalized spacial score (nSPS) is 11.1. The SMILES string of the molecule is COc1ccc(C(=O)N/C(=C\c2ccco2)C(=O)NCCSCc2ccc(C)cc2)cc1. The Bertz CT molecular complexity index is 1040. The van der Waals surface area contributed by atoms with Gasteiger partial charge in [-0.25, -0.2) is 0 Å². The number of nitrogens with one attached hydrogen (secondary N) is 2. The molecule has 3 aromatic rings. The third-order valence-corrected chi connectivity index (χ3v) is 5.63. The molecule has 0 fully saturated rings. The fourth-order valence-electron chi connectivity index (χ4n) is 2.82. The molecule has 2 aromatic carbocycles. The Morgan fingerprint density at radius 2 is 1.81 bits per heavy atom. The molecule has 2 N–H and O–H groups in total. The van der Waals surface area contributed by atoms with Crippen molar-refractivity contribution in [2.45, 2.75) is 12.7 Å². The van der Waals surface area contributed by atoms with Crippen molar-refractivity contribution in [3.05, 3.63) is 95.1 Å². The minimum atomic E-state index is -0.394. The maximum atomic E-state index is 12.7. The summed E-state index contributed by atoms with van der Waals surface area (Å²) in [5, 5.41) is 5.54. The molecule has 7 heteroatoms. The van der Waals surface area contributed by atoms with Crippen LogP contribution in [0.3, 0.4) is 0 Å². The summed E-state index contributed by atoms with van der Waals surface area (Å²) in [5.41, 5.74) is 3.01. The highest BCUT2D eigenvalue weighted by Crippen LogP contribution is 2.14. The first kappa shape index (κ1) is 23.2. The molecule has 1 heterocycles. The Labute approximate surface area is 192 Å². The van der Waals surface area contributed by atoms with Crippen LogP contribution in [0.2, 0.25) is 0 Å². The molecule has 2 amide bonds. The Balaban J connectivity index is 1.56. The number of hydrogen-bond donors (Lipinski definition) is 2. The summed E-state index contributed by atoms with van der Waals surface area (Å²) >= 11 is 1.73. The van der Waals surface area contributed by atoms with Gasteiger partial charge in [-0.15, -0.1) is 0 Å². The molecule has 1 aromatic heterocycles. The number of carbonyl (C=O) groups is 2. The molecule has 0 aliphatic heterocycles. The molecular formula is C25H26N2O4S. The summed E-state index contributed by atoms with van der Waals surface area (Å²) in [6, 6.07) is 18.5. The van der Waals surface area contributed by atoms with Crippen LogP contribution in [0, 0.1) is 6.92 Å². The van der Waals surface area contributed by atoms with Gasteiger partial charge in [0.1, 0.15) is 17.2 Å². The van der Waals surface area contributed by atoms with Gasteiger partial charge in [-0.2, -0.15) is 11.8 Å². The average Bonchev–Trinajstić information content (AvgIpc) is 3.32. The first-order valence-corrected chi connectivity index (χ1v) is 11.3. The van der Waals surface area contributed by atoms with Crippen LogP contribution in [0.5, 0.6) is 5.75 Å². The monoisotopic (exact) mass is 450 g/mol. The summed E-state index contributed by atoms with van der Waals surface area (Å²) in [4.78, 5) is 25.4. The number of aryl methyl sites for hydroxylation is 1. The van der Waals surface area contributed by atoms with E-state index in [1.165, 1.54) is 23.5 Å². The van der Waals surface area contributed by atoms with Crippen molar-refractivity contribution in [2.24, 2.45) is 0 Å². The van der Waals surface area contributed by atoms with Crippen molar-refractivity contribution in [3.8, 4) is 5.75 Å². The fraction of sp³-hybridized carbons (Fsp3) is 0.200. The topological polar surface area (TPSA) is 80.6 Å². The lowest BCUT2D eigenvalue weighted by Crippen LogP contribution is -2.35. The quantitative estimate of drug-likeness (QED) is 0.353. The summed E-state index contributed by atoms with van der Waals surface area (Å²) < 4.78 is 10.4. The van der Waals surface area contributed by atoms with Crippen molar-refractivity contribution >= 4 is 29.7 Å². The molecule has 0 aliphatic rings. The van der Waals surface area contributed by atoms with Crippen LogP contribution >= 0.6 is 11.8 Å². The zero-order chi connectivity index (χ0) is 22.8. The zero-order valence-corrected chi connectivity index (χ0v) is 18.9. The third kappa shape index (κ3) is 7.06. The summed E-state index contributed by atoms with van der Waals surface area (Å²) in [6.45, 7) is 2.54. The second-order valence-electron chi connectivity index (χ2n) is 7.05. The standard InChI is InChI=1S/C25H26N2O4S/c1-18-5-7-19(8-6-18)17-32-15-13-26-25(29)23(16-22-4-3-14-31-22)27-24(28)20-9-11-21(30-2)12-10-20/h3-12,14,16H,13,15,17H2,1-2H3,(H,26,29)(H,27,28)/b23-16-. The first-order valence-electron chi connectivity index (χ1n) is 10.2. The molecule has 32 heavy (non-hydrogen) atoms. The van der Waals surface area contributed by atoms with Gasteiger partial charge in [-0.3, -0.25) is 9.59 Å². The maximum Gasteiger partial charge on any atom is 0.267 e. The molecular weight excluding hydrogens is 424 g/mol. The van der Waals surface area contributed by atoms with Gasteiger partial charge in [0.15, 0.2) is 0 Å². The van der Waals surface area contributed by atoms with Crippen LogP contribution in [0.15, 0.2) is 77.0 Å². The summed E-state index contributed by atoms with van der Waals surface area (Å²) in [6.07, 6.45) is 3.02. The van der Waals surface area contributed by atoms with E-state index in [-0.39, 0.29) is 11.6 Å². The summed E-state index contributed by atoms with van der Waals surface area (Å²) in [7, 11) is 1.56. The van der Waals surface area contributed by atoms with Gasteiger partial charge < -0.3 is 19.8 Å². The number of amides is 2. The number of furan rings is 1. The van der Waals surface area contributed by atoms with Gasteiger partial charge in [0.05, 0.1) is 13.4 Å². The van der Waals surface area contributed by atoms with Gasteiger partial charge in [0.2, 0.25) is 0 Å². The number of thioether (sulfide) groups is 1. The van der Waals surface area contributed by atoms with E-state index < -0.39 is 5.91 Å². The van der Waals surface area contributed by atoms with E-state index in [0.717, 1.165) is 11.5 Å². The second kappa shape index (κ2) is 11.8. The Morgan fingerprint density at radius 3 is 2.47 bits per heavy atom. The van der Waals surface area contributed by atoms with Crippen LogP contribution in [-0.4, -0.2) is 31.2 Å². The number of hydrogen-bond acceptors (Lipinski definition) is 5. The maximum absolute atomic E-state index is 12.7. The molecule has 0 bridgehead atoms. The van der Waals surface area contributed by atoms with Crippen LogP contribution < -0.4 is 15.4 Å². The Kier molecular flexibility index (Phi) is 8.57. The molecule has 166 valence electrons. The molecule has 0 aliphatic carbocycles. The molecule has 0 saturated carbocycles. The van der Waals surface area contributed by atoms with Crippen LogP contribution in [-0.2, 0) is 10.5 Å². The van der Waals surface area contributed by atoms with E-state index in [2.05, 4.69) is 41.8 Å². The van der Waals surface area contributed by atoms with E-state index in [9.17, 15) is 9.59 Å². The van der Waals surface area contributed by atoms with E-state index in [1.807, 2.05) is 0 Å². The minimum absolute atomic E-state index is 0.115. The van der Waals surface area contributed by atoms with E-state index in [1.54, 1.807) is 55.3 Å². The molecule has 0 unspecified atom stereocenters. The van der Waals surface area contributed by atoms with Crippen LogP contribution in [0.25, 0.3) is 6.08 Å². The van der Waals surface area contributed by atoms with E-state index >= 15 is 0 Å². The number of rotatable bonds is 10. The van der Waals surface area contributed by atoms with Gasteiger partial charge in [0.25, 0.3) is 11.8 Å². The number of carbonyl (C=O) groups excluding carboxylic acids is 2. The molecule has 0 atom stereocenters. The molecule has 6 nitrogen and oxygen atoms in total. The second-order valence-corrected chi connectivity index (χ2v) is 8.16. The van der Waals surface area contributed by atoms with E-state index in [4.69, 9.17) is 9.15 Å². The molecule has 0 saturated heterocycles. The Morgan fingerprint density at radius 1 is 1.06 bits per heavy atom. The lowest BCUT2D eigenvalue weighted by Gasteiger charge is -2.11. The number of ether oxygens (including phenoxy) is 1. The van der Waals surface area contributed by atoms with Gasteiger partial charge in [0, 0.05) is 29.7 Å². The predicted molar refractivity (Wildman–Crippen MR) is 127 cm³/mol. The lowest BCUT2D eigenvalue weighted by atomic mass is 10.2. The predicted octanol–water partition coefficient (Wildman–Crippen LogP) is 4.42. The highest BCUT2D eigenvalue weighted by molar-refractivity contribution is 7.98. The van der Waals surface area contributed by atoms with Crippen molar-refractivity contribution in [3.63, 3.8) is 0 Å². The van der Waals surface area contributed by atoms with E-state index in [0.29, 0.717) is 23.6 Å².